The van der Waals surface area contributed by atoms with Crippen LogP contribution in [0.4, 0.5) is 0 Å². The van der Waals surface area contributed by atoms with Crippen LogP contribution in [0.25, 0.3) is 0 Å². The van der Waals surface area contributed by atoms with E-state index in [0.717, 1.165) is 6.61 Å². The van der Waals surface area contributed by atoms with Crippen molar-refractivity contribution >= 4 is 11.3 Å². The van der Waals surface area contributed by atoms with E-state index in [1.54, 1.807) is 11.3 Å². The van der Waals surface area contributed by atoms with Crippen molar-refractivity contribution in [1.82, 2.24) is 10.3 Å². The summed E-state index contributed by atoms with van der Waals surface area (Å²) in [4.78, 5) is 4.40. The first-order valence-electron chi connectivity index (χ1n) is 6.87. The fourth-order valence-corrected chi connectivity index (χ4v) is 4.30. The van der Waals surface area contributed by atoms with E-state index in [0.29, 0.717) is 24.1 Å². The molecule has 0 amide bonds. The lowest BCUT2D eigenvalue weighted by Crippen LogP contribution is -2.69. The molecule has 1 saturated heterocycles. The second-order valence-corrected chi connectivity index (χ2v) is 7.08. The van der Waals surface area contributed by atoms with Gasteiger partial charge in [0.1, 0.15) is 5.01 Å². The first kappa shape index (κ1) is 12.6. The van der Waals surface area contributed by atoms with Gasteiger partial charge in [-0.05, 0) is 19.8 Å². The first-order valence-corrected chi connectivity index (χ1v) is 7.75. The van der Waals surface area contributed by atoms with E-state index < -0.39 is 0 Å². The maximum absolute atomic E-state index is 5.94. The quantitative estimate of drug-likeness (QED) is 0.913. The minimum atomic E-state index is 0.247. The predicted molar refractivity (Wildman–Crippen MR) is 73.7 cm³/mol. The van der Waals surface area contributed by atoms with Crippen LogP contribution in [0, 0.1) is 11.3 Å². The summed E-state index contributed by atoms with van der Waals surface area (Å²) in [5.41, 5.74) is 0.247. The van der Waals surface area contributed by atoms with Crippen LogP contribution in [0.15, 0.2) is 11.6 Å². The molecule has 0 bridgehead atoms. The number of ether oxygens (including phenoxy) is 1. The van der Waals surface area contributed by atoms with Gasteiger partial charge in [0.25, 0.3) is 0 Å². The van der Waals surface area contributed by atoms with Crippen molar-refractivity contribution in [2.75, 3.05) is 6.61 Å². The van der Waals surface area contributed by atoms with Gasteiger partial charge in [-0.2, -0.15) is 0 Å². The van der Waals surface area contributed by atoms with E-state index >= 15 is 0 Å². The molecule has 100 valence electrons. The molecule has 4 heteroatoms. The average Bonchev–Trinajstić information content (AvgIpc) is 2.89. The van der Waals surface area contributed by atoms with E-state index in [1.165, 1.54) is 17.8 Å². The minimum absolute atomic E-state index is 0.247. The Labute approximate surface area is 113 Å². The predicted octanol–water partition coefficient (Wildman–Crippen LogP) is 3.00. The highest BCUT2D eigenvalue weighted by Crippen LogP contribution is 2.51. The lowest BCUT2D eigenvalue weighted by molar-refractivity contribution is -0.194. The van der Waals surface area contributed by atoms with Crippen LogP contribution in [0.1, 0.15) is 44.7 Å². The molecule has 0 spiro atoms. The largest absolute Gasteiger partial charge is 0.377 e. The summed E-state index contributed by atoms with van der Waals surface area (Å²) in [7, 11) is 0. The molecule has 2 aliphatic rings. The molecule has 18 heavy (non-hydrogen) atoms. The average molecular weight is 266 g/mol. The van der Waals surface area contributed by atoms with Crippen molar-refractivity contribution in [3.63, 3.8) is 0 Å². The Balaban J connectivity index is 1.69. The maximum atomic E-state index is 5.94. The third-order valence-corrected chi connectivity index (χ3v) is 5.54. The van der Waals surface area contributed by atoms with E-state index in [1.807, 2.05) is 11.6 Å². The van der Waals surface area contributed by atoms with E-state index in [9.17, 15) is 0 Å². The van der Waals surface area contributed by atoms with E-state index in [4.69, 9.17) is 4.74 Å². The fraction of sp³-hybridized carbons (Fsp3) is 0.786. The van der Waals surface area contributed by atoms with Crippen LogP contribution < -0.4 is 5.32 Å². The molecule has 1 aliphatic heterocycles. The van der Waals surface area contributed by atoms with Crippen LogP contribution >= 0.6 is 11.3 Å². The van der Waals surface area contributed by atoms with Crippen LogP contribution in [-0.4, -0.2) is 23.7 Å². The summed E-state index contributed by atoms with van der Waals surface area (Å²) in [6.45, 7) is 7.81. The van der Waals surface area contributed by atoms with Crippen molar-refractivity contribution in [3.05, 3.63) is 16.6 Å². The Kier molecular flexibility index (Phi) is 3.20. The lowest BCUT2D eigenvalue weighted by Gasteiger charge is -2.60. The van der Waals surface area contributed by atoms with Gasteiger partial charge in [0.05, 0.1) is 12.1 Å². The Hall–Kier alpha value is -0.450. The highest BCUT2D eigenvalue weighted by atomic mass is 32.1. The molecule has 1 N–H and O–H groups in total. The highest BCUT2D eigenvalue weighted by molar-refractivity contribution is 7.09. The Bertz CT molecular complexity index is 404. The minimum Gasteiger partial charge on any atom is -0.377 e. The number of rotatable bonds is 3. The molecule has 1 aromatic rings. The van der Waals surface area contributed by atoms with Crippen LogP contribution in [0.5, 0.6) is 0 Å². The van der Waals surface area contributed by atoms with Gasteiger partial charge in [0.15, 0.2) is 0 Å². The third kappa shape index (κ3) is 1.91. The molecule has 1 aliphatic carbocycles. The SMILES string of the molecule is CC(NC1C2CCCOC2C1(C)C)c1nccs1. The number of nitrogens with zero attached hydrogens (tertiary/aromatic N) is 1. The lowest BCUT2D eigenvalue weighted by atomic mass is 9.55. The van der Waals surface area contributed by atoms with Crippen LogP contribution in [-0.2, 0) is 4.74 Å². The molecule has 0 aromatic carbocycles. The molecule has 1 saturated carbocycles. The normalized spacial score (nSPS) is 35.6. The molecule has 1 aromatic heterocycles. The molecular formula is C14H22N2OS. The molecule has 3 rings (SSSR count). The standard InChI is InChI=1S/C14H22N2OS/c1-9(13-15-6-8-18-13)16-11-10-5-4-7-17-12(10)14(11,2)3/h6,8-12,16H,4-5,7H2,1-3H3. The summed E-state index contributed by atoms with van der Waals surface area (Å²) in [6, 6.07) is 0.902. The monoisotopic (exact) mass is 266 g/mol. The van der Waals surface area contributed by atoms with Gasteiger partial charge in [-0.25, -0.2) is 4.98 Å². The van der Waals surface area contributed by atoms with Gasteiger partial charge in [0, 0.05) is 35.6 Å². The number of hydrogen-bond acceptors (Lipinski definition) is 4. The number of aromatic nitrogens is 1. The van der Waals surface area contributed by atoms with Gasteiger partial charge in [-0.3, -0.25) is 0 Å². The molecule has 4 unspecified atom stereocenters. The van der Waals surface area contributed by atoms with E-state index in [-0.39, 0.29) is 5.41 Å². The second-order valence-electron chi connectivity index (χ2n) is 6.16. The zero-order valence-electron chi connectivity index (χ0n) is 11.3. The summed E-state index contributed by atoms with van der Waals surface area (Å²) >= 11 is 1.73. The Morgan fingerprint density at radius 3 is 3.11 bits per heavy atom. The smallest absolute Gasteiger partial charge is 0.109 e. The zero-order chi connectivity index (χ0) is 12.8. The second kappa shape index (κ2) is 4.58. The number of thiazole rings is 1. The molecule has 3 nitrogen and oxygen atoms in total. The van der Waals surface area contributed by atoms with Crippen molar-refractivity contribution in [3.8, 4) is 0 Å². The van der Waals surface area contributed by atoms with E-state index in [2.05, 4.69) is 31.1 Å². The van der Waals surface area contributed by atoms with Crippen molar-refractivity contribution < 1.29 is 4.74 Å². The Morgan fingerprint density at radius 2 is 2.39 bits per heavy atom. The van der Waals surface area contributed by atoms with Crippen molar-refractivity contribution in [2.45, 2.75) is 51.8 Å². The maximum Gasteiger partial charge on any atom is 0.109 e. The molecule has 4 atom stereocenters. The summed E-state index contributed by atoms with van der Waals surface area (Å²) in [6.07, 6.45) is 4.85. The molecule has 2 heterocycles. The first-order chi connectivity index (χ1) is 8.60. The zero-order valence-corrected chi connectivity index (χ0v) is 12.2. The molecular weight excluding hydrogens is 244 g/mol. The van der Waals surface area contributed by atoms with Gasteiger partial charge in [0.2, 0.25) is 0 Å². The Morgan fingerprint density at radius 1 is 1.56 bits per heavy atom. The molecule has 0 radical (unpaired) electrons. The van der Waals surface area contributed by atoms with Crippen LogP contribution in [0.3, 0.4) is 0 Å². The highest BCUT2D eigenvalue weighted by Gasteiger charge is 2.57. The summed E-state index contributed by atoms with van der Waals surface area (Å²) in [5.74, 6) is 0.691. The number of nitrogens with one attached hydrogen (secondary N) is 1. The third-order valence-electron chi connectivity index (χ3n) is 4.58. The van der Waals surface area contributed by atoms with Gasteiger partial charge in [-0.1, -0.05) is 13.8 Å². The van der Waals surface area contributed by atoms with Crippen molar-refractivity contribution in [2.24, 2.45) is 11.3 Å². The summed E-state index contributed by atoms with van der Waals surface area (Å²) < 4.78 is 5.94. The van der Waals surface area contributed by atoms with Crippen LogP contribution in [0.2, 0.25) is 0 Å². The topological polar surface area (TPSA) is 34.1 Å². The van der Waals surface area contributed by atoms with Crippen molar-refractivity contribution in [1.29, 1.82) is 0 Å². The van der Waals surface area contributed by atoms with Gasteiger partial charge < -0.3 is 10.1 Å². The number of hydrogen-bond donors (Lipinski definition) is 1. The number of fused-ring (bicyclic) bond motifs is 1. The van der Waals surface area contributed by atoms with Gasteiger partial charge in [-0.15, -0.1) is 11.3 Å². The summed E-state index contributed by atoms with van der Waals surface area (Å²) in [5, 5.41) is 7.01. The fourth-order valence-electron chi connectivity index (χ4n) is 3.65. The molecule has 2 fully saturated rings. The van der Waals surface area contributed by atoms with Gasteiger partial charge >= 0.3 is 0 Å².